The van der Waals surface area contributed by atoms with E-state index in [2.05, 4.69) is 10.6 Å². The minimum absolute atomic E-state index is 0. The number of benzene rings is 1. The minimum Gasteiger partial charge on any atom is -0.396 e. The van der Waals surface area contributed by atoms with Gasteiger partial charge in [-0.1, -0.05) is 19.1 Å². The van der Waals surface area contributed by atoms with Crippen molar-refractivity contribution in [1.29, 1.82) is 0 Å². The monoisotopic (exact) mass is 298 g/mol. The summed E-state index contributed by atoms with van der Waals surface area (Å²) in [4.78, 5) is 12.4. The first-order valence-electron chi connectivity index (χ1n) is 6.96. The molecule has 1 atom stereocenters. The third-order valence-electron chi connectivity index (χ3n) is 3.89. The van der Waals surface area contributed by atoms with Gasteiger partial charge in [0.15, 0.2) is 0 Å². The van der Waals surface area contributed by atoms with Crippen molar-refractivity contribution in [1.82, 2.24) is 5.32 Å². The van der Waals surface area contributed by atoms with Crippen LogP contribution in [-0.4, -0.2) is 29.7 Å². The molecule has 1 unspecified atom stereocenters. The van der Waals surface area contributed by atoms with Gasteiger partial charge in [-0.15, -0.1) is 12.4 Å². The Kier molecular flexibility index (Phi) is 6.46. The van der Waals surface area contributed by atoms with E-state index in [4.69, 9.17) is 5.11 Å². The van der Waals surface area contributed by atoms with Crippen LogP contribution in [0.3, 0.4) is 0 Å². The molecule has 20 heavy (non-hydrogen) atoms. The maximum atomic E-state index is 12.4. The summed E-state index contributed by atoms with van der Waals surface area (Å²) in [6.07, 6.45) is 3.41. The predicted octanol–water partition coefficient (Wildman–Crippen LogP) is 2.11. The largest absolute Gasteiger partial charge is 0.396 e. The van der Waals surface area contributed by atoms with Crippen LogP contribution >= 0.6 is 12.4 Å². The summed E-state index contributed by atoms with van der Waals surface area (Å²) in [7, 11) is 0. The molecule has 112 valence electrons. The lowest BCUT2D eigenvalue weighted by atomic mass is 9.93. The molecule has 3 N–H and O–H groups in total. The summed E-state index contributed by atoms with van der Waals surface area (Å²) in [6, 6.07) is 7.65. The average molecular weight is 299 g/mol. The molecule has 1 heterocycles. The third kappa shape index (κ3) is 3.72. The van der Waals surface area contributed by atoms with Crippen molar-refractivity contribution < 1.29 is 9.90 Å². The first kappa shape index (κ1) is 17.0. The van der Waals surface area contributed by atoms with Crippen molar-refractivity contribution in [3.8, 4) is 0 Å². The fraction of sp³-hybridized carbons (Fsp3) is 0.533. The van der Waals surface area contributed by atoms with Gasteiger partial charge in [0.1, 0.15) is 0 Å². The Morgan fingerprint density at radius 1 is 1.40 bits per heavy atom. The first-order valence-corrected chi connectivity index (χ1v) is 6.96. The molecule has 4 nitrogen and oxygen atoms in total. The molecular weight excluding hydrogens is 276 g/mol. The third-order valence-corrected chi connectivity index (χ3v) is 3.89. The molecular formula is C15H23ClN2O2. The SMILES string of the molecule is CCC1(C(=O)Nc2ccc(CCO)cc2)CCCN1.Cl. The van der Waals surface area contributed by atoms with Crippen molar-refractivity contribution in [3.05, 3.63) is 29.8 Å². The van der Waals surface area contributed by atoms with Crippen molar-refractivity contribution >= 4 is 24.0 Å². The molecule has 1 fully saturated rings. The summed E-state index contributed by atoms with van der Waals surface area (Å²) in [6.45, 7) is 3.10. The Morgan fingerprint density at radius 3 is 2.60 bits per heavy atom. The first-order chi connectivity index (χ1) is 9.20. The van der Waals surface area contributed by atoms with Crippen molar-refractivity contribution in [2.24, 2.45) is 0 Å². The number of hydrogen-bond donors (Lipinski definition) is 3. The van der Waals surface area contributed by atoms with Gasteiger partial charge < -0.3 is 15.7 Å². The van der Waals surface area contributed by atoms with E-state index in [1.807, 2.05) is 31.2 Å². The van der Waals surface area contributed by atoms with Crippen molar-refractivity contribution in [2.45, 2.75) is 38.1 Å². The van der Waals surface area contributed by atoms with Gasteiger partial charge in [-0.25, -0.2) is 0 Å². The van der Waals surface area contributed by atoms with E-state index in [1.54, 1.807) is 0 Å². The zero-order valence-corrected chi connectivity index (χ0v) is 12.6. The lowest BCUT2D eigenvalue weighted by Crippen LogP contribution is -2.50. The van der Waals surface area contributed by atoms with Crippen LogP contribution < -0.4 is 10.6 Å². The molecule has 2 rings (SSSR count). The summed E-state index contributed by atoms with van der Waals surface area (Å²) in [5.41, 5.74) is 1.49. The van der Waals surface area contributed by atoms with E-state index in [-0.39, 0.29) is 24.9 Å². The van der Waals surface area contributed by atoms with Crippen LogP contribution in [0.1, 0.15) is 31.7 Å². The van der Waals surface area contributed by atoms with Gasteiger partial charge in [-0.05, 0) is 49.9 Å². The highest BCUT2D eigenvalue weighted by Gasteiger charge is 2.38. The quantitative estimate of drug-likeness (QED) is 0.780. The highest BCUT2D eigenvalue weighted by molar-refractivity contribution is 5.98. The number of hydrogen-bond acceptors (Lipinski definition) is 3. The van der Waals surface area contributed by atoms with E-state index >= 15 is 0 Å². The summed E-state index contributed by atoms with van der Waals surface area (Å²) >= 11 is 0. The molecule has 5 heteroatoms. The zero-order chi connectivity index (χ0) is 13.7. The highest BCUT2D eigenvalue weighted by atomic mass is 35.5. The maximum Gasteiger partial charge on any atom is 0.244 e. The number of rotatable bonds is 5. The van der Waals surface area contributed by atoms with E-state index < -0.39 is 5.54 Å². The molecule has 0 aromatic heterocycles. The van der Waals surface area contributed by atoms with Crippen LogP contribution in [0.25, 0.3) is 0 Å². The molecule has 1 aromatic rings. The van der Waals surface area contributed by atoms with E-state index in [0.29, 0.717) is 6.42 Å². The number of aliphatic hydroxyl groups is 1. The van der Waals surface area contributed by atoms with Crippen molar-refractivity contribution in [3.63, 3.8) is 0 Å². The van der Waals surface area contributed by atoms with E-state index in [0.717, 1.165) is 37.1 Å². The standard InChI is InChI=1S/C15H22N2O2.ClH/c1-2-15(9-3-10-16-15)14(19)17-13-6-4-12(5-7-13)8-11-18;/h4-7,16,18H,2-3,8-11H2,1H3,(H,17,19);1H. The summed E-state index contributed by atoms with van der Waals surface area (Å²) < 4.78 is 0. The molecule has 1 amide bonds. The second kappa shape index (κ2) is 7.62. The van der Waals surface area contributed by atoms with E-state index in [1.165, 1.54) is 0 Å². The Morgan fingerprint density at radius 2 is 2.10 bits per heavy atom. The average Bonchev–Trinajstić information content (AvgIpc) is 2.91. The fourth-order valence-electron chi connectivity index (χ4n) is 2.60. The second-order valence-corrected chi connectivity index (χ2v) is 5.09. The number of halogens is 1. The van der Waals surface area contributed by atoms with Gasteiger partial charge in [-0.3, -0.25) is 4.79 Å². The fourth-order valence-corrected chi connectivity index (χ4v) is 2.60. The van der Waals surface area contributed by atoms with Crippen LogP contribution in [0.15, 0.2) is 24.3 Å². The van der Waals surface area contributed by atoms with Gasteiger partial charge in [0, 0.05) is 12.3 Å². The Hall–Kier alpha value is -1.10. The van der Waals surface area contributed by atoms with Gasteiger partial charge in [0.25, 0.3) is 0 Å². The van der Waals surface area contributed by atoms with Crippen molar-refractivity contribution in [2.75, 3.05) is 18.5 Å². The van der Waals surface area contributed by atoms with Gasteiger partial charge in [-0.2, -0.15) is 0 Å². The predicted molar refractivity (Wildman–Crippen MR) is 83.4 cm³/mol. The molecule has 1 aromatic carbocycles. The topological polar surface area (TPSA) is 61.4 Å². The Bertz CT molecular complexity index is 428. The molecule has 1 saturated heterocycles. The Labute approximate surface area is 126 Å². The second-order valence-electron chi connectivity index (χ2n) is 5.09. The van der Waals surface area contributed by atoms with Gasteiger partial charge in [0.2, 0.25) is 5.91 Å². The maximum absolute atomic E-state index is 12.4. The number of aliphatic hydroxyl groups excluding tert-OH is 1. The number of amides is 1. The lowest BCUT2D eigenvalue weighted by molar-refractivity contribution is -0.122. The van der Waals surface area contributed by atoms with Crippen LogP contribution in [0, 0.1) is 0 Å². The number of carbonyl (C=O) groups is 1. The number of carbonyl (C=O) groups excluding carboxylic acids is 1. The molecule has 0 bridgehead atoms. The molecule has 1 aliphatic heterocycles. The van der Waals surface area contributed by atoms with Crippen LogP contribution in [0.5, 0.6) is 0 Å². The summed E-state index contributed by atoms with van der Waals surface area (Å²) in [5.74, 6) is 0.0578. The summed E-state index contributed by atoms with van der Waals surface area (Å²) in [5, 5.41) is 15.2. The smallest absolute Gasteiger partial charge is 0.244 e. The number of anilines is 1. The van der Waals surface area contributed by atoms with Crippen LogP contribution in [0.2, 0.25) is 0 Å². The molecule has 0 radical (unpaired) electrons. The van der Waals surface area contributed by atoms with Gasteiger partial charge >= 0.3 is 0 Å². The minimum atomic E-state index is -0.399. The molecule has 0 aliphatic carbocycles. The molecule has 1 aliphatic rings. The normalized spacial score (nSPS) is 21.3. The molecule has 0 spiro atoms. The van der Waals surface area contributed by atoms with Crippen LogP contribution in [-0.2, 0) is 11.2 Å². The number of nitrogens with one attached hydrogen (secondary N) is 2. The zero-order valence-electron chi connectivity index (χ0n) is 11.8. The van der Waals surface area contributed by atoms with Crippen LogP contribution in [0.4, 0.5) is 5.69 Å². The van der Waals surface area contributed by atoms with Gasteiger partial charge in [0.05, 0.1) is 5.54 Å². The lowest BCUT2D eigenvalue weighted by Gasteiger charge is -2.26. The van der Waals surface area contributed by atoms with E-state index in [9.17, 15) is 4.79 Å². The Balaban J connectivity index is 0.00000200. The molecule has 0 saturated carbocycles. The highest BCUT2D eigenvalue weighted by Crippen LogP contribution is 2.25.